The number of aromatic amines is 1. The number of anilines is 1. The quantitative estimate of drug-likeness (QED) is 0.855. The predicted molar refractivity (Wildman–Crippen MR) is 68.5 cm³/mol. The number of sulfonamides is 1. The molecule has 2 aromatic rings. The van der Waals surface area contributed by atoms with E-state index in [1.807, 2.05) is 0 Å². The van der Waals surface area contributed by atoms with Gasteiger partial charge in [-0.1, -0.05) is 11.3 Å². The highest BCUT2D eigenvalue weighted by Crippen LogP contribution is 2.27. The summed E-state index contributed by atoms with van der Waals surface area (Å²) in [5.41, 5.74) is 6.74. The molecule has 0 fully saturated rings. The Labute approximate surface area is 109 Å². The van der Waals surface area contributed by atoms with E-state index in [4.69, 9.17) is 5.73 Å². The number of nitrogen functional groups attached to an aromatic ring is 1. The maximum Gasteiger partial charge on any atom is 0.254 e. The molecule has 2 rings (SSSR count). The smallest absolute Gasteiger partial charge is 0.254 e. The molecule has 0 bridgehead atoms. The van der Waals surface area contributed by atoms with Crippen LogP contribution < -0.4 is 5.73 Å². The summed E-state index contributed by atoms with van der Waals surface area (Å²) in [6.07, 6.45) is 3.24. The first-order valence-electron chi connectivity index (χ1n) is 5.08. The lowest BCUT2D eigenvalue weighted by atomic mass is 10.4. The Morgan fingerprint density at radius 1 is 1.56 bits per heavy atom. The average molecular weight is 287 g/mol. The summed E-state index contributed by atoms with van der Waals surface area (Å²) in [4.78, 5) is 3.93. The second kappa shape index (κ2) is 4.67. The number of thiazole rings is 1. The number of nitrogens with two attached hydrogens (primary N) is 1. The van der Waals surface area contributed by atoms with Crippen molar-refractivity contribution >= 4 is 26.5 Å². The Bertz CT molecular complexity index is 632. The van der Waals surface area contributed by atoms with E-state index >= 15 is 0 Å². The van der Waals surface area contributed by atoms with Crippen LogP contribution in [0.3, 0.4) is 0 Å². The van der Waals surface area contributed by atoms with Gasteiger partial charge in [0.05, 0.1) is 11.9 Å². The van der Waals surface area contributed by atoms with E-state index < -0.39 is 10.0 Å². The molecule has 18 heavy (non-hydrogen) atoms. The minimum absolute atomic E-state index is 0.186. The number of aromatic nitrogens is 3. The van der Waals surface area contributed by atoms with Gasteiger partial charge in [-0.25, -0.2) is 13.4 Å². The summed E-state index contributed by atoms with van der Waals surface area (Å²) in [7, 11) is -2.05. The normalized spacial score (nSPS) is 12.2. The van der Waals surface area contributed by atoms with Crippen molar-refractivity contribution in [2.24, 2.45) is 0 Å². The summed E-state index contributed by atoms with van der Waals surface area (Å²) in [6, 6.07) is 0. The van der Waals surface area contributed by atoms with Gasteiger partial charge in [-0.2, -0.15) is 9.40 Å². The van der Waals surface area contributed by atoms with Crippen molar-refractivity contribution in [3.63, 3.8) is 0 Å². The Morgan fingerprint density at radius 2 is 2.28 bits per heavy atom. The number of nitrogens with zero attached hydrogens (tertiary/aromatic N) is 3. The van der Waals surface area contributed by atoms with Gasteiger partial charge in [0, 0.05) is 25.4 Å². The molecule has 9 heteroatoms. The molecule has 0 atom stereocenters. The fourth-order valence-corrected chi connectivity index (χ4v) is 4.14. The van der Waals surface area contributed by atoms with Crippen molar-refractivity contribution in [2.75, 3.05) is 12.8 Å². The number of nitrogens with one attached hydrogen (secondary N) is 1. The minimum atomic E-state index is -3.56. The lowest BCUT2D eigenvalue weighted by Gasteiger charge is -2.15. The highest BCUT2D eigenvalue weighted by molar-refractivity contribution is 7.91. The zero-order chi connectivity index (χ0) is 13.3. The van der Waals surface area contributed by atoms with Crippen LogP contribution in [-0.4, -0.2) is 35.0 Å². The fourth-order valence-electron chi connectivity index (χ4n) is 1.49. The van der Waals surface area contributed by atoms with E-state index in [0.29, 0.717) is 5.69 Å². The molecule has 0 unspecified atom stereocenters. The minimum Gasteiger partial charge on any atom is -0.375 e. The van der Waals surface area contributed by atoms with Crippen molar-refractivity contribution < 1.29 is 8.42 Å². The second-order valence-corrected chi connectivity index (χ2v) is 7.06. The van der Waals surface area contributed by atoms with E-state index in [1.165, 1.54) is 11.4 Å². The molecule has 0 radical (unpaired) electrons. The van der Waals surface area contributed by atoms with Gasteiger partial charge in [-0.05, 0) is 6.92 Å². The highest BCUT2D eigenvalue weighted by atomic mass is 32.2. The van der Waals surface area contributed by atoms with E-state index in [2.05, 4.69) is 15.2 Å². The summed E-state index contributed by atoms with van der Waals surface area (Å²) in [5, 5.41) is 6.67. The first-order chi connectivity index (χ1) is 8.41. The van der Waals surface area contributed by atoms with Crippen LogP contribution in [0, 0.1) is 6.92 Å². The number of H-pyrrole nitrogens is 1. The van der Waals surface area contributed by atoms with Gasteiger partial charge < -0.3 is 5.73 Å². The number of hydrogen-bond acceptors (Lipinski definition) is 6. The van der Waals surface area contributed by atoms with Crippen molar-refractivity contribution in [2.45, 2.75) is 17.7 Å². The molecule has 0 aliphatic heterocycles. The van der Waals surface area contributed by atoms with Gasteiger partial charge in [0.15, 0.2) is 9.34 Å². The zero-order valence-electron chi connectivity index (χ0n) is 9.91. The molecule has 98 valence electrons. The summed E-state index contributed by atoms with van der Waals surface area (Å²) in [6.45, 7) is 1.88. The van der Waals surface area contributed by atoms with Gasteiger partial charge in [0.25, 0.3) is 10.0 Å². The lowest BCUT2D eigenvalue weighted by molar-refractivity contribution is 0.468. The van der Waals surface area contributed by atoms with Gasteiger partial charge in [0.1, 0.15) is 0 Å². The molecule has 0 saturated heterocycles. The van der Waals surface area contributed by atoms with Gasteiger partial charge in [0.2, 0.25) is 0 Å². The molecule has 0 aromatic carbocycles. The van der Waals surface area contributed by atoms with Crippen LogP contribution in [0.5, 0.6) is 0 Å². The molecule has 0 amide bonds. The van der Waals surface area contributed by atoms with Crippen molar-refractivity contribution in [1.29, 1.82) is 0 Å². The first-order valence-corrected chi connectivity index (χ1v) is 7.34. The number of aryl methyl sites for hydroxylation is 1. The lowest BCUT2D eigenvalue weighted by Crippen LogP contribution is -2.26. The highest BCUT2D eigenvalue weighted by Gasteiger charge is 2.26. The number of hydrogen-bond donors (Lipinski definition) is 2. The predicted octanol–water partition coefficient (Wildman–Crippen LogP) is 0.578. The third-order valence-corrected chi connectivity index (χ3v) is 5.75. The summed E-state index contributed by atoms with van der Waals surface area (Å²) < 4.78 is 26.0. The summed E-state index contributed by atoms with van der Waals surface area (Å²) >= 11 is 0.976. The molecular formula is C9H13N5O2S2. The molecule has 0 aliphatic carbocycles. The number of rotatable bonds is 4. The van der Waals surface area contributed by atoms with E-state index in [0.717, 1.165) is 16.9 Å². The first kappa shape index (κ1) is 13.0. The van der Waals surface area contributed by atoms with E-state index in [1.54, 1.807) is 19.3 Å². The SMILES string of the molecule is Cc1nc(N)sc1S(=O)(=O)N(C)Cc1cn[nH]c1. The molecular weight excluding hydrogens is 274 g/mol. The Balaban J connectivity index is 2.28. The van der Waals surface area contributed by atoms with E-state index in [-0.39, 0.29) is 15.9 Å². The Kier molecular flexibility index (Phi) is 3.37. The third kappa shape index (κ3) is 2.37. The molecule has 0 spiro atoms. The average Bonchev–Trinajstić information content (AvgIpc) is 2.88. The van der Waals surface area contributed by atoms with E-state index in [9.17, 15) is 8.42 Å². The molecule has 7 nitrogen and oxygen atoms in total. The van der Waals surface area contributed by atoms with Crippen molar-refractivity contribution in [3.8, 4) is 0 Å². The van der Waals surface area contributed by atoms with Gasteiger partial charge >= 0.3 is 0 Å². The zero-order valence-corrected chi connectivity index (χ0v) is 11.5. The standard InChI is InChI=1S/C9H13N5O2S2/c1-6-8(17-9(10)13-6)18(15,16)14(2)5-7-3-11-12-4-7/h3-4H,5H2,1-2H3,(H2,10,13)(H,11,12). The van der Waals surface area contributed by atoms with Gasteiger partial charge in [-0.3, -0.25) is 5.10 Å². The maximum absolute atomic E-state index is 12.3. The Morgan fingerprint density at radius 3 is 2.78 bits per heavy atom. The monoisotopic (exact) mass is 287 g/mol. The van der Waals surface area contributed by atoms with Crippen LogP contribution in [0.15, 0.2) is 16.6 Å². The largest absolute Gasteiger partial charge is 0.375 e. The Hall–Kier alpha value is -1.45. The van der Waals surface area contributed by atoms with Crippen LogP contribution in [-0.2, 0) is 16.6 Å². The van der Waals surface area contributed by atoms with Crippen molar-refractivity contribution in [1.82, 2.24) is 19.5 Å². The van der Waals surface area contributed by atoms with Crippen molar-refractivity contribution in [3.05, 3.63) is 23.7 Å². The van der Waals surface area contributed by atoms with Crippen LogP contribution in [0.4, 0.5) is 5.13 Å². The third-order valence-electron chi connectivity index (χ3n) is 2.38. The van der Waals surface area contributed by atoms with Crippen LogP contribution in [0.1, 0.15) is 11.3 Å². The van der Waals surface area contributed by atoms with Crippen LogP contribution in [0.25, 0.3) is 0 Å². The fraction of sp³-hybridized carbons (Fsp3) is 0.333. The molecule has 0 saturated carbocycles. The molecule has 2 heterocycles. The van der Waals surface area contributed by atoms with Gasteiger partial charge in [-0.15, -0.1) is 0 Å². The molecule has 0 aliphatic rings. The summed E-state index contributed by atoms with van der Waals surface area (Å²) in [5.74, 6) is 0. The maximum atomic E-state index is 12.3. The van der Waals surface area contributed by atoms with Crippen LogP contribution in [0.2, 0.25) is 0 Å². The molecule has 2 aromatic heterocycles. The topological polar surface area (TPSA) is 105 Å². The van der Waals surface area contributed by atoms with Crippen LogP contribution >= 0.6 is 11.3 Å². The second-order valence-electron chi connectivity index (χ2n) is 3.79. The molecule has 3 N–H and O–H groups in total.